The smallest absolute Gasteiger partial charge is 0.166 e. The number of hydrogen-bond donors (Lipinski definition) is 0. The molecule has 0 aliphatic heterocycles. The first-order valence-electron chi connectivity index (χ1n) is 7.17. The van der Waals surface area contributed by atoms with Crippen molar-refractivity contribution in [1.29, 1.82) is 0 Å². The third kappa shape index (κ3) is 2.26. The minimum atomic E-state index is 0.0339. The second kappa shape index (κ2) is 5.19. The number of carbonyl (C=O) groups excluding carboxylic acids is 1. The van der Waals surface area contributed by atoms with Crippen LogP contribution >= 0.6 is 0 Å². The first-order chi connectivity index (χ1) is 9.66. The zero-order valence-electron chi connectivity index (χ0n) is 11.9. The molecule has 0 bridgehead atoms. The summed E-state index contributed by atoms with van der Waals surface area (Å²) in [5.74, 6) is 1.20. The van der Waals surface area contributed by atoms with Crippen LogP contribution in [0.5, 0.6) is 0 Å². The molecule has 0 spiro atoms. The maximum Gasteiger partial charge on any atom is 0.166 e. The van der Waals surface area contributed by atoms with Crippen molar-refractivity contribution in [3.8, 4) is 0 Å². The Labute approximate surface area is 118 Å². The zero-order valence-corrected chi connectivity index (χ0v) is 11.9. The fraction of sp³-hybridized carbons (Fsp3) is 0.438. The van der Waals surface area contributed by atoms with Crippen LogP contribution in [-0.4, -0.2) is 20.5 Å². The molecule has 1 aliphatic carbocycles. The summed E-state index contributed by atoms with van der Waals surface area (Å²) >= 11 is 0. The van der Waals surface area contributed by atoms with Gasteiger partial charge in [0, 0.05) is 23.9 Å². The van der Waals surface area contributed by atoms with Gasteiger partial charge in [0.25, 0.3) is 0 Å². The number of Topliss-reactive ketones (excluding diaryl/α,β-unsaturated/α-hetero) is 1. The summed E-state index contributed by atoms with van der Waals surface area (Å²) in [6, 6.07) is 8.22. The van der Waals surface area contributed by atoms with Gasteiger partial charge < -0.3 is 0 Å². The van der Waals surface area contributed by atoms with Gasteiger partial charge in [0.05, 0.1) is 0 Å². The standard InChI is InChI=1S/C16H19N3O/c1-11(2)19-15(17-10-18-19)9-13-8-7-12-5-3-4-6-14(12)16(13)20/h3-6,10-11,13H,7-9H2,1-2H3. The number of benzene rings is 1. The molecule has 2 aromatic rings. The Morgan fingerprint density at radius 3 is 2.95 bits per heavy atom. The van der Waals surface area contributed by atoms with E-state index in [2.05, 4.69) is 30.0 Å². The average Bonchev–Trinajstić information content (AvgIpc) is 2.91. The maximum absolute atomic E-state index is 12.6. The number of aromatic nitrogens is 3. The number of carbonyl (C=O) groups is 1. The molecule has 104 valence electrons. The van der Waals surface area contributed by atoms with Gasteiger partial charge in [0.15, 0.2) is 5.78 Å². The molecule has 4 heteroatoms. The van der Waals surface area contributed by atoms with Crippen LogP contribution in [0.2, 0.25) is 0 Å². The quantitative estimate of drug-likeness (QED) is 0.860. The summed E-state index contributed by atoms with van der Waals surface area (Å²) in [5, 5.41) is 4.24. The molecule has 1 aliphatic rings. The largest absolute Gasteiger partial charge is 0.294 e. The highest BCUT2D eigenvalue weighted by atomic mass is 16.1. The van der Waals surface area contributed by atoms with Gasteiger partial charge in [-0.15, -0.1) is 0 Å². The van der Waals surface area contributed by atoms with E-state index in [1.54, 1.807) is 6.33 Å². The van der Waals surface area contributed by atoms with E-state index in [1.165, 1.54) is 5.56 Å². The highest BCUT2D eigenvalue weighted by Gasteiger charge is 2.28. The Morgan fingerprint density at radius 1 is 1.35 bits per heavy atom. The molecule has 1 atom stereocenters. The van der Waals surface area contributed by atoms with Crippen molar-refractivity contribution < 1.29 is 4.79 Å². The monoisotopic (exact) mass is 269 g/mol. The average molecular weight is 269 g/mol. The van der Waals surface area contributed by atoms with E-state index >= 15 is 0 Å². The molecule has 3 rings (SSSR count). The topological polar surface area (TPSA) is 47.8 Å². The van der Waals surface area contributed by atoms with Crippen molar-refractivity contribution in [1.82, 2.24) is 14.8 Å². The lowest BCUT2D eigenvalue weighted by Crippen LogP contribution is -2.26. The Morgan fingerprint density at radius 2 is 2.15 bits per heavy atom. The summed E-state index contributed by atoms with van der Waals surface area (Å²) in [6.07, 6.45) is 4.14. The molecule has 20 heavy (non-hydrogen) atoms. The first kappa shape index (κ1) is 13.0. The third-order valence-electron chi connectivity index (χ3n) is 3.98. The SMILES string of the molecule is CC(C)n1ncnc1CC1CCc2ccccc2C1=O. The molecule has 0 amide bonds. The highest BCUT2D eigenvalue weighted by Crippen LogP contribution is 2.27. The highest BCUT2D eigenvalue weighted by molar-refractivity contribution is 6.00. The number of rotatable bonds is 3. The van der Waals surface area contributed by atoms with Gasteiger partial charge in [-0.25, -0.2) is 9.67 Å². The molecule has 1 heterocycles. The summed E-state index contributed by atoms with van der Waals surface area (Å²) in [7, 11) is 0. The van der Waals surface area contributed by atoms with Crippen molar-refractivity contribution in [3.05, 3.63) is 47.5 Å². The van der Waals surface area contributed by atoms with Crippen LogP contribution in [0.3, 0.4) is 0 Å². The van der Waals surface area contributed by atoms with Crippen LogP contribution in [0.25, 0.3) is 0 Å². The molecular formula is C16H19N3O. The van der Waals surface area contributed by atoms with Gasteiger partial charge in [-0.1, -0.05) is 24.3 Å². The van der Waals surface area contributed by atoms with Crippen molar-refractivity contribution in [2.75, 3.05) is 0 Å². The number of ketones is 1. The molecule has 0 fully saturated rings. The number of nitrogens with zero attached hydrogens (tertiary/aromatic N) is 3. The Kier molecular flexibility index (Phi) is 3.38. The number of hydrogen-bond acceptors (Lipinski definition) is 3. The van der Waals surface area contributed by atoms with E-state index < -0.39 is 0 Å². The van der Waals surface area contributed by atoms with E-state index in [9.17, 15) is 4.79 Å². The molecule has 1 aromatic carbocycles. The predicted octanol–water partition coefficient (Wildman–Crippen LogP) is 2.85. The lowest BCUT2D eigenvalue weighted by molar-refractivity contribution is 0.0898. The molecule has 1 aromatic heterocycles. The summed E-state index contributed by atoms with van der Waals surface area (Å²) in [6.45, 7) is 4.16. The summed E-state index contributed by atoms with van der Waals surface area (Å²) in [4.78, 5) is 16.9. The molecule has 0 radical (unpaired) electrons. The number of aryl methyl sites for hydroxylation is 1. The van der Waals surface area contributed by atoms with Crippen LogP contribution in [0.1, 0.15) is 48.1 Å². The van der Waals surface area contributed by atoms with Crippen LogP contribution in [0.4, 0.5) is 0 Å². The summed E-state index contributed by atoms with van der Waals surface area (Å²) < 4.78 is 1.91. The lowest BCUT2D eigenvalue weighted by Gasteiger charge is -2.23. The zero-order chi connectivity index (χ0) is 14.1. The Bertz CT molecular complexity index is 630. The normalized spacial score (nSPS) is 18.4. The van der Waals surface area contributed by atoms with Crippen molar-refractivity contribution in [2.24, 2.45) is 5.92 Å². The molecule has 0 saturated heterocycles. The van der Waals surface area contributed by atoms with E-state index in [1.807, 2.05) is 22.9 Å². The van der Waals surface area contributed by atoms with Crippen molar-refractivity contribution >= 4 is 5.78 Å². The van der Waals surface area contributed by atoms with Gasteiger partial charge >= 0.3 is 0 Å². The molecule has 0 saturated carbocycles. The van der Waals surface area contributed by atoms with Crippen LogP contribution < -0.4 is 0 Å². The second-order valence-corrected chi connectivity index (χ2v) is 5.68. The van der Waals surface area contributed by atoms with Gasteiger partial charge in [-0.3, -0.25) is 4.79 Å². The fourth-order valence-electron chi connectivity index (χ4n) is 2.93. The molecular weight excluding hydrogens is 250 g/mol. The first-order valence-corrected chi connectivity index (χ1v) is 7.17. The summed E-state index contributed by atoms with van der Waals surface area (Å²) in [5.41, 5.74) is 2.07. The van der Waals surface area contributed by atoms with Crippen LogP contribution in [0.15, 0.2) is 30.6 Å². The van der Waals surface area contributed by atoms with E-state index in [-0.39, 0.29) is 17.7 Å². The van der Waals surface area contributed by atoms with Crippen molar-refractivity contribution in [3.63, 3.8) is 0 Å². The second-order valence-electron chi connectivity index (χ2n) is 5.68. The van der Waals surface area contributed by atoms with Crippen LogP contribution in [0, 0.1) is 5.92 Å². The predicted molar refractivity (Wildman–Crippen MR) is 76.7 cm³/mol. The van der Waals surface area contributed by atoms with Gasteiger partial charge in [-0.2, -0.15) is 5.10 Å². The fourth-order valence-corrected chi connectivity index (χ4v) is 2.93. The minimum absolute atomic E-state index is 0.0339. The molecule has 4 nitrogen and oxygen atoms in total. The van der Waals surface area contributed by atoms with E-state index in [4.69, 9.17) is 0 Å². The van der Waals surface area contributed by atoms with Crippen molar-refractivity contribution in [2.45, 2.75) is 39.2 Å². The minimum Gasteiger partial charge on any atom is -0.294 e. The van der Waals surface area contributed by atoms with E-state index in [0.29, 0.717) is 6.42 Å². The van der Waals surface area contributed by atoms with Gasteiger partial charge in [0.2, 0.25) is 0 Å². The van der Waals surface area contributed by atoms with Crippen LogP contribution in [-0.2, 0) is 12.8 Å². The number of fused-ring (bicyclic) bond motifs is 1. The molecule has 1 unspecified atom stereocenters. The molecule has 0 N–H and O–H groups in total. The Balaban J connectivity index is 1.83. The lowest BCUT2D eigenvalue weighted by atomic mass is 9.81. The third-order valence-corrected chi connectivity index (χ3v) is 3.98. The van der Waals surface area contributed by atoms with Gasteiger partial charge in [-0.05, 0) is 32.3 Å². The van der Waals surface area contributed by atoms with Gasteiger partial charge in [0.1, 0.15) is 12.2 Å². The maximum atomic E-state index is 12.6. The Hall–Kier alpha value is -1.97. The van der Waals surface area contributed by atoms with E-state index in [0.717, 1.165) is 24.2 Å².